The number of rotatable bonds is 3. The fraction of sp³-hybridized carbons (Fsp3) is 0.500. The number of carboxylic acid groups (broad SMARTS) is 1. The number of nitrogens with zero attached hydrogens (tertiary/aromatic N) is 1. The fourth-order valence-corrected chi connectivity index (χ4v) is 2.59. The van der Waals surface area contributed by atoms with Crippen molar-refractivity contribution in [1.82, 2.24) is 0 Å². The lowest BCUT2D eigenvalue weighted by molar-refractivity contribution is 0.0698. The second kappa shape index (κ2) is 5.48. The first-order valence-electron chi connectivity index (χ1n) is 6.52. The third-order valence-corrected chi connectivity index (χ3v) is 3.74. The van der Waals surface area contributed by atoms with Crippen LogP contribution in [0.3, 0.4) is 0 Å². The van der Waals surface area contributed by atoms with Crippen molar-refractivity contribution in [3.05, 3.63) is 23.3 Å². The van der Waals surface area contributed by atoms with E-state index in [4.69, 9.17) is 5.73 Å². The predicted octanol–water partition coefficient (Wildman–Crippen LogP) is 1.48. The van der Waals surface area contributed by atoms with E-state index in [2.05, 4.69) is 4.90 Å². The van der Waals surface area contributed by atoms with Crippen molar-refractivity contribution in [2.24, 2.45) is 5.92 Å². The van der Waals surface area contributed by atoms with Crippen molar-refractivity contribution >= 4 is 17.3 Å². The minimum Gasteiger partial charge on any atom is -0.478 e. The van der Waals surface area contributed by atoms with Crippen LogP contribution in [0.15, 0.2) is 12.1 Å². The van der Waals surface area contributed by atoms with E-state index in [1.54, 1.807) is 6.07 Å². The number of hydrogen-bond acceptors (Lipinski definition) is 4. The number of aliphatic hydroxyl groups excluding tert-OH is 1. The summed E-state index contributed by atoms with van der Waals surface area (Å²) in [6, 6.07) is 3.55. The molecule has 0 bridgehead atoms. The molecular weight excluding hydrogens is 244 g/mol. The zero-order valence-corrected chi connectivity index (χ0v) is 11.1. The Morgan fingerprint density at radius 2 is 2.26 bits per heavy atom. The molecule has 19 heavy (non-hydrogen) atoms. The van der Waals surface area contributed by atoms with Gasteiger partial charge in [-0.2, -0.15) is 0 Å². The van der Waals surface area contributed by atoms with Crippen molar-refractivity contribution in [3.63, 3.8) is 0 Å². The van der Waals surface area contributed by atoms with Crippen LogP contribution in [0.5, 0.6) is 0 Å². The molecule has 0 amide bonds. The van der Waals surface area contributed by atoms with Gasteiger partial charge in [-0.1, -0.05) is 0 Å². The summed E-state index contributed by atoms with van der Waals surface area (Å²) in [5, 5.41) is 18.4. The number of piperidine rings is 1. The minimum atomic E-state index is -1.00. The lowest BCUT2D eigenvalue weighted by atomic mass is 9.97. The summed E-state index contributed by atoms with van der Waals surface area (Å²) < 4.78 is 0. The molecule has 1 aliphatic rings. The molecule has 5 heteroatoms. The van der Waals surface area contributed by atoms with Crippen molar-refractivity contribution in [1.29, 1.82) is 0 Å². The lowest BCUT2D eigenvalue weighted by Gasteiger charge is -2.34. The highest BCUT2D eigenvalue weighted by Crippen LogP contribution is 2.28. The molecule has 4 N–H and O–H groups in total. The standard InChI is InChI=1S/C14H20N2O3/c1-9-5-11(6-12(13(9)15)14(18)19)16-4-2-3-10(7-16)8-17/h5-6,10,17H,2-4,7-8,15H2,1H3,(H,18,19). The highest BCUT2D eigenvalue weighted by atomic mass is 16.4. The number of aliphatic hydroxyl groups is 1. The van der Waals surface area contributed by atoms with Gasteiger partial charge in [0, 0.05) is 31.1 Å². The Kier molecular flexibility index (Phi) is 3.95. The average molecular weight is 264 g/mol. The number of carboxylic acids is 1. The molecule has 1 heterocycles. The maximum Gasteiger partial charge on any atom is 0.337 e. The van der Waals surface area contributed by atoms with Gasteiger partial charge >= 0.3 is 5.97 Å². The summed E-state index contributed by atoms with van der Waals surface area (Å²) in [5.74, 6) is -0.738. The number of anilines is 2. The summed E-state index contributed by atoms with van der Waals surface area (Å²) in [5.41, 5.74) is 7.93. The Morgan fingerprint density at radius 3 is 2.89 bits per heavy atom. The second-order valence-electron chi connectivity index (χ2n) is 5.17. The van der Waals surface area contributed by atoms with Crippen LogP contribution < -0.4 is 10.6 Å². The van der Waals surface area contributed by atoms with Crippen molar-refractivity contribution < 1.29 is 15.0 Å². The van der Waals surface area contributed by atoms with E-state index < -0.39 is 5.97 Å². The summed E-state index contributed by atoms with van der Waals surface area (Å²) >= 11 is 0. The van der Waals surface area contributed by atoms with E-state index in [1.807, 2.05) is 13.0 Å². The van der Waals surface area contributed by atoms with Gasteiger partial charge in [0.25, 0.3) is 0 Å². The third-order valence-electron chi connectivity index (χ3n) is 3.74. The minimum absolute atomic E-state index is 0.154. The Labute approximate surface area is 112 Å². The van der Waals surface area contributed by atoms with Gasteiger partial charge < -0.3 is 20.8 Å². The molecule has 0 spiro atoms. The molecule has 1 aromatic carbocycles. The van der Waals surface area contributed by atoms with Crippen LogP contribution in [0, 0.1) is 12.8 Å². The first-order chi connectivity index (χ1) is 9.02. The zero-order valence-electron chi connectivity index (χ0n) is 11.1. The van der Waals surface area contributed by atoms with Gasteiger partial charge in [-0.15, -0.1) is 0 Å². The normalized spacial score (nSPS) is 19.5. The quantitative estimate of drug-likeness (QED) is 0.720. The largest absolute Gasteiger partial charge is 0.478 e. The van der Waals surface area contributed by atoms with E-state index in [9.17, 15) is 15.0 Å². The molecule has 0 radical (unpaired) electrons. The Bertz CT molecular complexity index is 488. The lowest BCUT2D eigenvalue weighted by Crippen LogP contribution is -2.37. The predicted molar refractivity (Wildman–Crippen MR) is 74.6 cm³/mol. The first kappa shape index (κ1) is 13.7. The van der Waals surface area contributed by atoms with Gasteiger partial charge in [-0.25, -0.2) is 4.79 Å². The van der Waals surface area contributed by atoms with Crippen molar-refractivity contribution in [2.45, 2.75) is 19.8 Å². The van der Waals surface area contributed by atoms with Crippen molar-refractivity contribution in [2.75, 3.05) is 30.3 Å². The monoisotopic (exact) mass is 264 g/mol. The van der Waals surface area contributed by atoms with Gasteiger partial charge in [-0.05, 0) is 43.4 Å². The molecule has 0 saturated carbocycles. The summed E-state index contributed by atoms with van der Waals surface area (Å²) in [6.45, 7) is 3.65. The molecule has 1 saturated heterocycles. The van der Waals surface area contributed by atoms with Crippen LogP contribution in [0.2, 0.25) is 0 Å². The van der Waals surface area contributed by atoms with Crippen LogP contribution in [0.25, 0.3) is 0 Å². The summed E-state index contributed by atoms with van der Waals surface area (Å²) in [4.78, 5) is 13.3. The Morgan fingerprint density at radius 1 is 1.53 bits per heavy atom. The fourth-order valence-electron chi connectivity index (χ4n) is 2.59. The van der Waals surface area contributed by atoms with E-state index in [0.717, 1.165) is 37.2 Å². The third kappa shape index (κ3) is 2.81. The van der Waals surface area contributed by atoms with E-state index in [0.29, 0.717) is 5.69 Å². The van der Waals surface area contributed by atoms with Crippen LogP contribution in [-0.2, 0) is 0 Å². The maximum atomic E-state index is 11.2. The van der Waals surface area contributed by atoms with Crippen molar-refractivity contribution in [3.8, 4) is 0 Å². The Balaban J connectivity index is 2.32. The second-order valence-corrected chi connectivity index (χ2v) is 5.17. The number of nitrogens with two attached hydrogens (primary N) is 1. The molecule has 0 aromatic heterocycles. The topological polar surface area (TPSA) is 86.8 Å². The van der Waals surface area contributed by atoms with Gasteiger partial charge in [-0.3, -0.25) is 0 Å². The number of aromatic carboxylic acids is 1. The van der Waals surface area contributed by atoms with E-state index >= 15 is 0 Å². The van der Waals surface area contributed by atoms with Crippen LogP contribution in [0.1, 0.15) is 28.8 Å². The SMILES string of the molecule is Cc1cc(N2CCCC(CO)C2)cc(C(=O)O)c1N. The number of aryl methyl sites for hydroxylation is 1. The van der Waals surface area contributed by atoms with Crippen LogP contribution in [0.4, 0.5) is 11.4 Å². The molecule has 1 unspecified atom stereocenters. The summed E-state index contributed by atoms with van der Waals surface area (Å²) in [6.07, 6.45) is 2.03. The number of hydrogen-bond donors (Lipinski definition) is 3. The van der Waals surface area contributed by atoms with Crippen LogP contribution in [-0.4, -0.2) is 35.9 Å². The van der Waals surface area contributed by atoms with E-state index in [1.165, 1.54) is 0 Å². The van der Waals surface area contributed by atoms with Gasteiger partial charge in [0.05, 0.1) is 5.56 Å². The molecule has 104 valence electrons. The molecule has 0 aliphatic carbocycles. The molecule has 2 rings (SSSR count). The molecule has 1 aromatic rings. The first-order valence-corrected chi connectivity index (χ1v) is 6.52. The summed E-state index contributed by atoms with van der Waals surface area (Å²) in [7, 11) is 0. The van der Waals surface area contributed by atoms with Gasteiger partial charge in [0.2, 0.25) is 0 Å². The number of carbonyl (C=O) groups is 1. The number of benzene rings is 1. The molecule has 1 aliphatic heterocycles. The zero-order chi connectivity index (χ0) is 14.0. The maximum absolute atomic E-state index is 11.2. The Hall–Kier alpha value is -1.75. The highest BCUT2D eigenvalue weighted by Gasteiger charge is 2.21. The molecule has 1 fully saturated rings. The van der Waals surface area contributed by atoms with Crippen LogP contribution >= 0.6 is 0 Å². The molecule has 1 atom stereocenters. The smallest absolute Gasteiger partial charge is 0.337 e. The van der Waals surface area contributed by atoms with Gasteiger partial charge in [0.15, 0.2) is 0 Å². The molecular formula is C14H20N2O3. The number of nitrogen functional groups attached to an aromatic ring is 1. The van der Waals surface area contributed by atoms with Gasteiger partial charge in [0.1, 0.15) is 0 Å². The van der Waals surface area contributed by atoms with E-state index in [-0.39, 0.29) is 18.1 Å². The highest BCUT2D eigenvalue weighted by molar-refractivity contribution is 5.95. The average Bonchev–Trinajstić information content (AvgIpc) is 2.41. The molecule has 5 nitrogen and oxygen atoms in total.